The Bertz CT molecular complexity index is 593. The van der Waals surface area contributed by atoms with E-state index < -0.39 is 9.84 Å². The Balaban J connectivity index is 1.62. The van der Waals surface area contributed by atoms with Gasteiger partial charge in [0.25, 0.3) is 0 Å². The largest absolute Gasteiger partial charge is 0.467 e. The number of sulfone groups is 1. The normalized spacial score (nSPS) is 24.7. The van der Waals surface area contributed by atoms with Crippen molar-refractivity contribution in [3.8, 4) is 0 Å². The van der Waals surface area contributed by atoms with Crippen molar-refractivity contribution in [1.29, 1.82) is 0 Å². The summed E-state index contributed by atoms with van der Waals surface area (Å²) in [6.45, 7) is 0.901. The van der Waals surface area contributed by atoms with Gasteiger partial charge in [-0.25, -0.2) is 8.42 Å². The minimum absolute atomic E-state index is 0.00324. The van der Waals surface area contributed by atoms with E-state index in [4.69, 9.17) is 4.42 Å². The summed E-state index contributed by atoms with van der Waals surface area (Å²) in [5, 5.41) is 3.13. The number of carbonyl (C=O) groups excluding carboxylic acids is 1. The highest BCUT2D eigenvalue weighted by Gasteiger charge is 2.35. The van der Waals surface area contributed by atoms with Crippen LogP contribution in [-0.2, 0) is 21.2 Å². The number of hydrogen-bond donors (Lipinski definition) is 1. The van der Waals surface area contributed by atoms with Gasteiger partial charge in [0.15, 0.2) is 9.84 Å². The summed E-state index contributed by atoms with van der Waals surface area (Å²) in [6.07, 6.45) is 3.86. The van der Waals surface area contributed by atoms with Crippen LogP contribution in [0, 0.1) is 0 Å². The van der Waals surface area contributed by atoms with Crippen LogP contribution in [0.25, 0.3) is 0 Å². The molecule has 1 aliphatic carbocycles. The average Bonchev–Trinajstić information content (AvgIpc) is 3.11. The molecule has 0 radical (unpaired) electrons. The molecule has 0 spiro atoms. The fourth-order valence-corrected chi connectivity index (χ4v) is 4.15. The molecule has 7 heteroatoms. The maximum atomic E-state index is 12.5. The molecule has 0 bridgehead atoms. The molecule has 2 fully saturated rings. The summed E-state index contributed by atoms with van der Waals surface area (Å²) >= 11 is 0. The maximum absolute atomic E-state index is 12.5. The Labute approximate surface area is 124 Å². The molecule has 116 valence electrons. The van der Waals surface area contributed by atoms with Crippen LogP contribution < -0.4 is 5.32 Å². The van der Waals surface area contributed by atoms with Gasteiger partial charge in [-0.15, -0.1) is 0 Å². The Morgan fingerprint density at radius 3 is 2.86 bits per heavy atom. The predicted molar refractivity (Wildman–Crippen MR) is 77.3 cm³/mol. The average molecular weight is 312 g/mol. The van der Waals surface area contributed by atoms with E-state index in [9.17, 15) is 13.2 Å². The van der Waals surface area contributed by atoms with Crippen LogP contribution in [-0.4, -0.2) is 49.4 Å². The fraction of sp³-hybridized carbons (Fsp3) is 0.643. The van der Waals surface area contributed by atoms with E-state index in [1.54, 1.807) is 12.3 Å². The van der Waals surface area contributed by atoms with Crippen molar-refractivity contribution in [1.82, 2.24) is 10.2 Å². The molecular weight excluding hydrogens is 292 g/mol. The predicted octanol–water partition coefficient (Wildman–Crippen LogP) is 0.547. The maximum Gasteiger partial charge on any atom is 0.224 e. The first-order valence-electron chi connectivity index (χ1n) is 7.29. The van der Waals surface area contributed by atoms with Gasteiger partial charge in [-0.05, 0) is 25.0 Å². The Kier molecular flexibility index (Phi) is 4.03. The standard InChI is InChI=1S/C14H20N2O4S/c17-14(8-11-10-21(18,19)7-5-15-11)16(12-3-4-12)9-13-2-1-6-20-13/h1-2,6,11-12,15H,3-5,7-10H2. The van der Waals surface area contributed by atoms with Gasteiger partial charge in [0, 0.05) is 25.0 Å². The van der Waals surface area contributed by atoms with E-state index in [1.165, 1.54) is 0 Å². The van der Waals surface area contributed by atoms with E-state index in [0.717, 1.165) is 18.6 Å². The molecule has 1 unspecified atom stereocenters. The molecule has 1 amide bonds. The summed E-state index contributed by atoms with van der Waals surface area (Å²) in [7, 11) is -3.01. The van der Waals surface area contributed by atoms with Crippen molar-refractivity contribution in [2.75, 3.05) is 18.1 Å². The minimum atomic E-state index is -3.01. The number of rotatable bonds is 5. The lowest BCUT2D eigenvalue weighted by Gasteiger charge is -2.27. The summed E-state index contributed by atoms with van der Waals surface area (Å²) in [5.41, 5.74) is 0. The zero-order chi connectivity index (χ0) is 14.9. The number of hydrogen-bond acceptors (Lipinski definition) is 5. The molecule has 21 heavy (non-hydrogen) atoms. The van der Waals surface area contributed by atoms with Crippen molar-refractivity contribution in [2.45, 2.75) is 37.9 Å². The second-order valence-electron chi connectivity index (χ2n) is 5.80. The lowest BCUT2D eigenvalue weighted by molar-refractivity contribution is -0.133. The number of furan rings is 1. The molecule has 6 nitrogen and oxygen atoms in total. The van der Waals surface area contributed by atoms with Crippen molar-refractivity contribution in [3.63, 3.8) is 0 Å². The van der Waals surface area contributed by atoms with E-state index in [2.05, 4.69) is 5.32 Å². The van der Waals surface area contributed by atoms with Crippen LogP contribution in [0.2, 0.25) is 0 Å². The third-order valence-electron chi connectivity index (χ3n) is 3.94. The highest BCUT2D eigenvalue weighted by molar-refractivity contribution is 7.91. The molecule has 3 rings (SSSR count). The molecule has 1 aromatic rings. The van der Waals surface area contributed by atoms with Gasteiger partial charge >= 0.3 is 0 Å². The second-order valence-corrected chi connectivity index (χ2v) is 8.03. The van der Waals surface area contributed by atoms with Crippen LogP contribution in [0.15, 0.2) is 22.8 Å². The van der Waals surface area contributed by atoms with Crippen LogP contribution in [0.4, 0.5) is 0 Å². The monoisotopic (exact) mass is 312 g/mol. The number of nitrogens with zero attached hydrogens (tertiary/aromatic N) is 1. The smallest absolute Gasteiger partial charge is 0.224 e. The van der Waals surface area contributed by atoms with Crippen LogP contribution in [0.5, 0.6) is 0 Å². The number of nitrogens with one attached hydrogen (secondary N) is 1. The van der Waals surface area contributed by atoms with E-state index in [1.807, 2.05) is 11.0 Å². The molecule has 1 saturated carbocycles. The van der Waals surface area contributed by atoms with Crippen molar-refractivity contribution in [2.24, 2.45) is 0 Å². The van der Waals surface area contributed by atoms with E-state index >= 15 is 0 Å². The first-order valence-corrected chi connectivity index (χ1v) is 9.11. The summed E-state index contributed by atoms with van der Waals surface area (Å²) in [6, 6.07) is 3.67. The van der Waals surface area contributed by atoms with Crippen LogP contribution in [0.1, 0.15) is 25.0 Å². The van der Waals surface area contributed by atoms with Gasteiger partial charge in [-0.3, -0.25) is 4.79 Å². The molecule has 1 N–H and O–H groups in total. The van der Waals surface area contributed by atoms with Crippen LogP contribution >= 0.6 is 0 Å². The Morgan fingerprint density at radius 2 is 2.24 bits per heavy atom. The van der Waals surface area contributed by atoms with Gasteiger partial charge in [0.05, 0.1) is 24.3 Å². The molecule has 2 heterocycles. The van der Waals surface area contributed by atoms with Crippen molar-refractivity contribution in [3.05, 3.63) is 24.2 Å². The topological polar surface area (TPSA) is 79.6 Å². The van der Waals surface area contributed by atoms with Gasteiger partial charge in [0.2, 0.25) is 5.91 Å². The minimum Gasteiger partial charge on any atom is -0.467 e. The first-order chi connectivity index (χ1) is 10.0. The third-order valence-corrected chi connectivity index (χ3v) is 5.67. The molecule has 2 aliphatic rings. The van der Waals surface area contributed by atoms with Crippen LogP contribution in [0.3, 0.4) is 0 Å². The molecule has 1 atom stereocenters. The fourth-order valence-electron chi connectivity index (χ4n) is 2.70. The zero-order valence-electron chi connectivity index (χ0n) is 11.8. The molecule has 1 saturated heterocycles. The Morgan fingerprint density at radius 1 is 1.43 bits per heavy atom. The summed E-state index contributed by atoms with van der Waals surface area (Å²) in [4.78, 5) is 14.3. The van der Waals surface area contributed by atoms with Crippen molar-refractivity contribution >= 4 is 15.7 Å². The SMILES string of the molecule is O=C(CC1CS(=O)(=O)CCN1)N(Cc1ccco1)C1CC1. The molecule has 0 aromatic carbocycles. The van der Waals surface area contributed by atoms with E-state index in [0.29, 0.717) is 13.1 Å². The highest BCUT2D eigenvalue weighted by Crippen LogP contribution is 2.29. The number of amides is 1. The van der Waals surface area contributed by atoms with Gasteiger partial charge < -0.3 is 14.6 Å². The van der Waals surface area contributed by atoms with Gasteiger partial charge in [0.1, 0.15) is 5.76 Å². The van der Waals surface area contributed by atoms with Gasteiger partial charge in [-0.1, -0.05) is 0 Å². The Hall–Kier alpha value is -1.34. The third kappa shape index (κ3) is 3.85. The number of carbonyl (C=O) groups is 1. The first kappa shape index (κ1) is 14.6. The summed E-state index contributed by atoms with van der Waals surface area (Å²) in [5.74, 6) is 0.983. The molecular formula is C14H20N2O4S. The molecule has 1 aliphatic heterocycles. The van der Waals surface area contributed by atoms with Crippen molar-refractivity contribution < 1.29 is 17.6 Å². The van der Waals surface area contributed by atoms with Gasteiger partial charge in [-0.2, -0.15) is 0 Å². The zero-order valence-corrected chi connectivity index (χ0v) is 12.6. The second kappa shape index (κ2) is 5.81. The lowest BCUT2D eigenvalue weighted by Crippen LogP contribution is -2.48. The quantitative estimate of drug-likeness (QED) is 0.859. The lowest BCUT2D eigenvalue weighted by atomic mass is 10.2. The summed E-state index contributed by atoms with van der Waals surface area (Å²) < 4.78 is 28.6. The van der Waals surface area contributed by atoms with E-state index in [-0.39, 0.29) is 35.9 Å². The highest BCUT2D eigenvalue weighted by atomic mass is 32.2. The molecule has 1 aromatic heterocycles.